The number of ether oxygens (including phenoxy) is 1. The van der Waals surface area contributed by atoms with Crippen LogP contribution in [0.4, 0.5) is 0 Å². The summed E-state index contributed by atoms with van der Waals surface area (Å²) in [6.07, 6.45) is 4.54. The van der Waals surface area contributed by atoms with Gasteiger partial charge in [0.05, 0.1) is 35.2 Å². The predicted molar refractivity (Wildman–Crippen MR) is 179 cm³/mol. The van der Waals surface area contributed by atoms with Crippen molar-refractivity contribution in [2.24, 2.45) is 17.8 Å². The maximum atomic E-state index is 13.6. The molecule has 4 rings (SSSR count). The Hall–Kier alpha value is -3.22. The second kappa shape index (κ2) is 15.9. The Balaban J connectivity index is 1.56. The summed E-state index contributed by atoms with van der Waals surface area (Å²) in [5.74, 6) is -2.93. The number of phenolic OH excluding ortho intramolecular Hbond substituents is 1. The summed E-state index contributed by atoms with van der Waals surface area (Å²) in [5, 5.41) is 41.4. The number of nitrogens with zero attached hydrogens (tertiary/aromatic N) is 1. The number of aliphatic hydroxyl groups excluding tert-OH is 2. The molecule has 2 aromatic rings. The molecule has 0 radical (unpaired) electrons. The number of hydrogen-bond acceptors (Lipinski definition) is 7. The zero-order valence-electron chi connectivity index (χ0n) is 25.7. The van der Waals surface area contributed by atoms with Crippen molar-refractivity contribution in [1.82, 2.24) is 4.90 Å². The quantitative estimate of drug-likeness (QED) is 0.0605. The van der Waals surface area contributed by atoms with Crippen LogP contribution in [0.25, 0.3) is 11.6 Å². The zero-order chi connectivity index (χ0) is 32.7. The first-order valence-electron chi connectivity index (χ1n) is 15.5. The molecule has 0 spiro atoms. The Morgan fingerprint density at radius 2 is 1.84 bits per heavy atom. The van der Waals surface area contributed by atoms with E-state index in [1.54, 1.807) is 6.07 Å². The molecule has 1 saturated heterocycles. The maximum Gasteiger partial charge on any atom is 0.303 e. The Morgan fingerprint density at radius 1 is 1.11 bits per heavy atom. The molecular weight excluding hydrogens is 689 g/mol. The van der Waals surface area contributed by atoms with Gasteiger partial charge in [0.2, 0.25) is 11.8 Å². The van der Waals surface area contributed by atoms with Crippen LogP contribution in [0.2, 0.25) is 0 Å². The van der Waals surface area contributed by atoms with Crippen molar-refractivity contribution < 1.29 is 39.5 Å². The molecule has 9 nitrogen and oxygen atoms in total. The summed E-state index contributed by atoms with van der Waals surface area (Å²) >= 11 is 2.06. The summed E-state index contributed by atoms with van der Waals surface area (Å²) < 4.78 is 6.00. The molecule has 1 aliphatic heterocycles. The van der Waals surface area contributed by atoms with Gasteiger partial charge >= 0.3 is 5.97 Å². The molecule has 4 atom stereocenters. The number of carboxylic acid groups (broad SMARTS) is 1. The van der Waals surface area contributed by atoms with Gasteiger partial charge in [-0.15, -0.1) is 0 Å². The van der Waals surface area contributed by atoms with Crippen LogP contribution in [-0.4, -0.2) is 69.5 Å². The van der Waals surface area contributed by atoms with Crippen LogP contribution in [0.3, 0.4) is 0 Å². The zero-order valence-corrected chi connectivity index (χ0v) is 27.9. The van der Waals surface area contributed by atoms with E-state index in [0.29, 0.717) is 59.8 Å². The van der Waals surface area contributed by atoms with Gasteiger partial charge in [0.15, 0.2) is 11.5 Å². The minimum atomic E-state index is -0.923. The number of hydrogen-bond donors (Lipinski definition) is 4. The Kier molecular flexibility index (Phi) is 12.2. The summed E-state index contributed by atoms with van der Waals surface area (Å²) in [7, 11) is 1.50. The molecule has 0 aromatic heterocycles. The molecule has 0 bridgehead atoms. The van der Waals surface area contributed by atoms with E-state index in [2.05, 4.69) is 22.6 Å². The second-order valence-corrected chi connectivity index (χ2v) is 12.9. The number of aliphatic hydroxyl groups is 2. The van der Waals surface area contributed by atoms with Gasteiger partial charge in [-0.2, -0.15) is 0 Å². The molecule has 1 heterocycles. The van der Waals surface area contributed by atoms with E-state index >= 15 is 0 Å². The van der Waals surface area contributed by atoms with E-state index < -0.39 is 29.8 Å². The highest BCUT2D eigenvalue weighted by molar-refractivity contribution is 14.1. The van der Waals surface area contributed by atoms with Gasteiger partial charge in [-0.1, -0.05) is 55.3 Å². The topological polar surface area (TPSA) is 145 Å². The van der Waals surface area contributed by atoms with E-state index in [1.165, 1.54) is 12.0 Å². The number of carbonyl (C=O) groups is 3. The Bertz CT molecular complexity index is 1450. The summed E-state index contributed by atoms with van der Waals surface area (Å²) in [4.78, 5) is 39.0. The second-order valence-electron chi connectivity index (χ2n) is 11.7. The van der Waals surface area contributed by atoms with Gasteiger partial charge in [-0.3, -0.25) is 19.3 Å². The smallest absolute Gasteiger partial charge is 0.303 e. The van der Waals surface area contributed by atoms with Crippen LogP contribution in [0.5, 0.6) is 11.5 Å². The predicted octanol–water partition coefficient (Wildman–Crippen LogP) is 5.65. The third-order valence-electron chi connectivity index (χ3n) is 8.97. The van der Waals surface area contributed by atoms with Gasteiger partial charge in [-0.25, -0.2) is 0 Å². The van der Waals surface area contributed by atoms with Gasteiger partial charge in [0.25, 0.3) is 0 Å². The number of amides is 2. The van der Waals surface area contributed by atoms with E-state index in [-0.39, 0.29) is 37.1 Å². The third-order valence-corrected chi connectivity index (χ3v) is 9.80. The van der Waals surface area contributed by atoms with Crippen molar-refractivity contribution in [2.45, 2.75) is 64.4 Å². The first kappa shape index (κ1) is 34.6. The molecule has 2 aliphatic rings. The number of likely N-dealkylation sites (tertiary alicyclic amines) is 1. The van der Waals surface area contributed by atoms with Crippen LogP contribution >= 0.6 is 22.6 Å². The minimum absolute atomic E-state index is 0.0500. The van der Waals surface area contributed by atoms with Gasteiger partial charge in [-0.05, 0) is 95.5 Å². The number of aromatic hydroxyl groups is 1. The molecule has 242 valence electrons. The van der Waals surface area contributed by atoms with Crippen LogP contribution in [-0.2, 0) is 14.4 Å². The number of carboxylic acids is 1. The highest BCUT2D eigenvalue weighted by atomic mass is 127. The number of phenols is 1. The number of carbonyl (C=O) groups excluding carboxylic acids is 2. The normalized spacial score (nSPS) is 20.9. The number of methoxy groups -OCH3 is 1. The molecule has 10 heteroatoms. The van der Waals surface area contributed by atoms with Crippen LogP contribution < -0.4 is 4.74 Å². The van der Waals surface area contributed by atoms with Gasteiger partial charge in [0, 0.05) is 18.9 Å². The molecule has 0 unspecified atom stereocenters. The molecule has 4 N–H and O–H groups in total. The summed E-state index contributed by atoms with van der Waals surface area (Å²) in [6.45, 7) is 1.84. The molecule has 0 saturated carbocycles. The average Bonchev–Trinajstić information content (AvgIpc) is 3.27. The third kappa shape index (κ3) is 7.96. The number of benzene rings is 2. The standard InChI is InChI=1S/C35H42INO8/c1-3-22-19-25-32(35(44)37(34(25)43)15-9-5-8-12-30(40)41)26(20-38)31(22)28(39)14-13-24(23-10-6-4-7-11-23)16-21-17-27(36)33(42)29(18-21)45-2/h4,6-7,10-11,16-18,25-26,28,32,38-39,42H,3,5,8-9,12-15,19-20H2,1-2H3,(H,40,41)/b24-16-/t25-,26+,28-,32-/m1/s1. The summed E-state index contributed by atoms with van der Waals surface area (Å²) in [6, 6.07) is 13.4. The molecular formula is C35H42INO8. The number of fused-ring (bicyclic) bond motifs is 1. The van der Waals surface area contributed by atoms with E-state index in [1.807, 2.05) is 49.4 Å². The molecule has 1 aliphatic carbocycles. The number of unbranched alkanes of at least 4 members (excludes halogenated alkanes) is 2. The number of aliphatic carboxylic acids is 1. The van der Waals surface area contributed by atoms with Crippen LogP contribution in [0.1, 0.15) is 69.4 Å². The molecule has 1 fully saturated rings. The Morgan fingerprint density at radius 3 is 2.49 bits per heavy atom. The Labute approximate surface area is 277 Å². The summed E-state index contributed by atoms with van der Waals surface area (Å²) in [5.41, 5.74) is 4.36. The molecule has 2 amide bonds. The van der Waals surface area contributed by atoms with E-state index in [4.69, 9.17) is 9.84 Å². The lowest BCUT2D eigenvalue weighted by Crippen LogP contribution is -2.39. The largest absolute Gasteiger partial charge is 0.504 e. The van der Waals surface area contributed by atoms with Crippen LogP contribution in [0, 0.1) is 21.3 Å². The maximum absolute atomic E-state index is 13.6. The first-order valence-corrected chi connectivity index (χ1v) is 16.6. The fourth-order valence-corrected chi connectivity index (χ4v) is 7.37. The monoisotopic (exact) mass is 731 g/mol. The van der Waals surface area contributed by atoms with Gasteiger partial charge < -0.3 is 25.2 Å². The first-order chi connectivity index (χ1) is 21.6. The fourth-order valence-electron chi connectivity index (χ4n) is 6.74. The highest BCUT2D eigenvalue weighted by Crippen LogP contribution is 2.47. The van der Waals surface area contributed by atoms with E-state index in [9.17, 15) is 29.7 Å². The minimum Gasteiger partial charge on any atom is -0.504 e. The van der Waals surface area contributed by atoms with Crippen molar-refractivity contribution in [3.05, 3.63) is 68.3 Å². The van der Waals surface area contributed by atoms with E-state index in [0.717, 1.165) is 22.3 Å². The number of rotatable bonds is 15. The highest BCUT2D eigenvalue weighted by Gasteiger charge is 2.54. The number of halogens is 1. The SMILES string of the molecule is CCC1=C([C@H](O)CC/C(=C/c2cc(I)c(O)c(OC)c2)c2ccccc2)[C@H](CO)[C@@H]2C(=O)N(CCCCCC(=O)O)C(=O)[C@@H]2C1. The van der Waals surface area contributed by atoms with Crippen molar-refractivity contribution in [3.63, 3.8) is 0 Å². The van der Waals surface area contributed by atoms with Gasteiger partial charge in [0.1, 0.15) is 0 Å². The van der Waals surface area contributed by atoms with Crippen molar-refractivity contribution >= 4 is 52.0 Å². The number of imide groups is 1. The van der Waals surface area contributed by atoms with Crippen molar-refractivity contribution in [3.8, 4) is 11.5 Å². The molecule has 45 heavy (non-hydrogen) atoms. The fraction of sp³-hybridized carbons (Fsp3) is 0.457. The number of allylic oxidation sites excluding steroid dienone is 2. The van der Waals surface area contributed by atoms with Crippen molar-refractivity contribution in [1.29, 1.82) is 0 Å². The van der Waals surface area contributed by atoms with Crippen LogP contribution in [0.15, 0.2) is 53.6 Å². The lowest BCUT2D eigenvalue weighted by molar-refractivity contribution is -0.141. The van der Waals surface area contributed by atoms with Crippen molar-refractivity contribution in [2.75, 3.05) is 20.3 Å². The lowest BCUT2D eigenvalue weighted by Gasteiger charge is -2.36. The lowest BCUT2D eigenvalue weighted by atomic mass is 9.67. The average molecular weight is 732 g/mol. The molecule has 2 aromatic carbocycles.